The van der Waals surface area contributed by atoms with Crippen molar-refractivity contribution < 1.29 is 5.11 Å². The van der Waals surface area contributed by atoms with Crippen LogP contribution in [-0.2, 0) is 0 Å². The average molecular weight is 429 g/mol. The summed E-state index contributed by atoms with van der Waals surface area (Å²) in [4.78, 5) is 0. The fourth-order valence-electron chi connectivity index (χ4n) is 9.71. The first-order valence-corrected chi connectivity index (χ1v) is 14.0. The molecule has 4 aliphatic carbocycles. The van der Waals surface area contributed by atoms with Crippen molar-refractivity contribution in [2.24, 2.45) is 58.2 Å². The van der Waals surface area contributed by atoms with E-state index in [1.165, 1.54) is 51.4 Å². The molecule has 0 radical (unpaired) electrons. The summed E-state index contributed by atoms with van der Waals surface area (Å²) < 4.78 is 0. The second-order valence-corrected chi connectivity index (χ2v) is 13.6. The van der Waals surface area contributed by atoms with E-state index < -0.39 is 0 Å². The lowest BCUT2D eigenvalue weighted by Crippen LogP contribution is -2.50. The highest BCUT2D eigenvalue weighted by Crippen LogP contribution is 2.67. The zero-order chi connectivity index (χ0) is 22.6. The van der Waals surface area contributed by atoms with Gasteiger partial charge in [0.15, 0.2) is 0 Å². The Balaban J connectivity index is 1.47. The van der Waals surface area contributed by atoms with Gasteiger partial charge in [0, 0.05) is 0 Å². The first-order valence-electron chi connectivity index (χ1n) is 14.0. The molecule has 1 N–H and O–H groups in total. The molecule has 0 bridgehead atoms. The molecule has 0 aromatic rings. The first kappa shape index (κ1) is 23.8. The molecule has 0 aromatic carbocycles. The summed E-state index contributed by atoms with van der Waals surface area (Å²) in [6.45, 7) is 17.6. The van der Waals surface area contributed by atoms with Gasteiger partial charge in [0.25, 0.3) is 0 Å². The van der Waals surface area contributed by atoms with Crippen molar-refractivity contribution >= 4 is 0 Å². The molecule has 0 spiro atoms. The van der Waals surface area contributed by atoms with Crippen LogP contribution in [0, 0.1) is 58.2 Å². The van der Waals surface area contributed by atoms with Gasteiger partial charge in [-0.25, -0.2) is 0 Å². The van der Waals surface area contributed by atoms with Crippen LogP contribution in [0.5, 0.6) is 0 Å². The summed E-state index contributed by atoms with van der Waals surface area (Å²) >= 11 is 0. The smallest absolute Gasteiger partial charge is 0.0577 e. The van der Waals surface area contributed by atoms with Crippen LogP contribution >= 0.6 is 0 Å². The number of fused-ring (bicyclic) bond motifs is 5. The quantitative estimate of drug-likeness (QED) is 0.422. The van der Waals surface area contributed by atoms with Crippen LogP contribution in [0.2, 0.25) is 0 Å². The van der Waals surface area contributed by atoms with Crippen molar-refractivity contribution in [3.05, 3.63) is 11.6 Å². The summed E-state index contributed by atoms with van der Waals surface area (Å²) in [5.74, 6) is 7.03. The first-order chi connectivity index (χ1) is 14.6. The second kappa shape index (κ2) is 8.81. The third-order valence-electron chi connectivity index (χ3n) is 11.5. The molecule has 0 aliphatic heterocycles. The SMILES string of the molecule is CC(C)C(CC[C@@H](C)[C@H]1CC[C@H]2[C@@H]3CC=C4C[C@@H](O)CC[C@]4(C)[C@H]3CC[C@]12C)C(C)C. The van der Waals surface area contributed by atoms with Gasteiger partial charge in [-0.15, -0.1) is 0 Å². The van der Waals surface area contributed by atoms with E-state index in [1.807, 2.05) is 0 Å². The summed E-state index contributed by atoms with van der Waals surface area (Å²) in [6, 6.07) is 0. The summed E-state index contributed by atoms with van der Waals surface area (Å²) in [5.41, 5.74) is 2.57. The Bertz CT molecular complexity index is 653. The summed E-state index contributed by atoms with van der Waals surface area (Å²) in [5, 5.41) is 10.3. The largest absolute Gasteiger partial charge is 0.393 e. The van der Waals surface area contributed by atoms with Gasteiger partial charge in [-0.3, -0.25) is 0 Å². The Morgan fingerprint density at radius 1 is 0.903 bits per heavy atom. The molecule has 0 amide bonds. The Labute approximate surface area is 193 Å². The molecule has 1 nitrogen and oxygen atoms in total. The number of allylic oxidation sites excluding steroid dienone is 1. The fraction of sp³-hybridized carbons (Fsp3) is 0.933. The number of aliphatic hydroxyl groups excluding tert-OH is 1. The lowest BCUT2D eigenvalue weighted by molar-refractivity contribution is -0.0576. The van der Waals surface area contributed by atoms with E-state index in [9.17, 15) is 5.11 Å². The van der Waals surface area contributed by atoms with Gasteiger partial charge < -0.3 is 5.11 Å². The molecule has 0 aromatic heterocycles. The summed E-state index contributed by atoms with van der Waals surface area (Å²) in [6.07, 6.45) is 15.7. The normalized spacial score (nSPS) is 43.6. The Hall–Kier alpha value is -0.300. The molecule has 0 unspecified atom stereocenters. The van der Waals surface area contributed by atoms with Gasteiger partial charge in [0.2, 0.25) is 0 Å². The van der Waals surface area contributed by atoms with E-state index >= 15 is 0 Å². The standard InChI is InChI=1S/C30H52O/c1-19(2)24(20(3)4)10-8-21(5)26-12-13-27-25-11-9-22-18-23(31)14-16-29(22,6)28(25)15-17-30(26,27)7/h9,19-21,23-28,31H,8,10-18H2,1-7H3/t21-,23+,25+,26-,27+,28+,29+,30-/m1/s1. The second-order valence-electron chi connectivity index (χ2n) is 13.6. The number of aliphatic hydroxyl groups is 1. The highest BCUT2D eigenvalue weighted by atomic mass is 16.3. The predicted molar refractivity (Wildman–Crippen MR) is 133 cm³/mol. The van der Waals surface area contributed by atoms with E-state index in [2.05, 4.69) is 54.5 Å². The lowest BCUT2D eigenvalue weighted by Gasteiger charge is -2.58. The van der Waals surface area contributed by atoms with Gasteiger partial charge in [0.1, 0.15) is 0 Å². The third kappa shape index (κ3) is 4.08. The molecule has 3 saturated carbocycles. The Kier molecular flexibility index (Phi) is 6.78. The van der Waals surface area contributed by atoms with Gasteiger partial charge in [0.05, 0.1) is 6.10 Å². The molecule has 1 heteroatoms. The van der Waals surface area contributed by atoms with Gasteiger partial charge in [-0.1, -0.05) is 66.5 Å². The van der Waals surface area contributed by atoms with Crippen molar-refractivity contribution in [3.63, 3.8) is 0 Å². The minimum absolute atomic E-state index is 0.0815. The van der Waals surface area contributed by atoms with Crippen LogP contribution in [0.4, 0.5) is 0 Å². The van der Waals surface area contributed by atoms with Crippen LogP contribution in [0.3, 0.4) is 0 Å². The Morgan fingerprint density at radius 3 is 2.29 bits per heavy atom. The van der Waals surface area contributed by atoms with Gasteiger partial charge in [-0.2, -0.15) is 0 Å². The van der Waals surface area contributed by atoms with Crippen LogP contribution in [0.15, 0.2) is 11.6 Å². The van der Waals surface area contributed by atoms with Crippen LogP contribution in [-0.4, -0.2) is 11.2 Å². The molecule has 4 aliphatic rings. The highest BCUT2D eigenvalue weighted by molar-refractivity contribution is 5.25. The maximum absolute atomic E-state index is 10.3. The molecule has 31 heavy (non-hydrogen) atoms. The monoisotopic (exact) mass is 428 g/mol. The number of hydrogen-bond acceptors (Lipinski definition) is 1. The Morgan fingerprint density at radius 2 is 1.61 bits per heavy atom. The van der Waals surface area contributed by atoms with Crippen LogP contribution in [0.1, 0.15) is 113 Å². The molecule has 178 valence electrons. The van der Waals surface area contributed by atoms with E-state index in [4.69, 9.17) is 0 Å². The zero-order valence-electron chi connectivity index (χ0n) is 21.8. The van der Waals surface area contributed by atoms with Crippen molar-refractivity contribution in [3.8, 4) is 0 Å². The molecule has 4 rings (SSSR count). The molecule has 8 atom stereocenters. The van der Waals surface area contributed by atoms with Gasteiger partial charge in [-0.05, 0) is 116 Å². The number of hydrogen-bond donors (Lipinski definition) is 1. The predicted octanol–water partition coefficient (Wildman–Crippen LogP) is 8.27. The van der Waals surface area contributed by atoms with Gasteiger partial charge >= 0.3 is 0 Å². The zero-order valence-corrected chi connectivity index (χ0v) is 21.8. The topological polar surface area (TPSA) is 20.2 Å². The van der Waals surface area contributed by atoms with Crippen molar-refractivity contribution in [2.45, 2.75) is 119 Å². The van der Waals surface area contributed by atoms with Crippen LogP contribution < -0.4 is 0 Å². The molecular weight excluding hydrogens is 376 g/mol. The number of rotatable bonds is 6. The molecule has 0 saturated heterocycles. The van der Waals surface area contributed by atoms with E-state index in [0.29, 0.717) is 10.8 Å². The molecular formula is C30H52O. The molecule has 0 heterocycles. The third-order valence-corrected chi connectivity index (χ3v) is 11.5. The average Bonchev–Trinajstić information content (AvgIpc) is 3.05. The van der Waals surface area contributed by atoms with Crippen molar-refractivity contribution in [1.82, 2.24) is 0 Å². The van der Waals surface area contributed by atoms with Crippen molar-refractivity contribution in [1.29, 1.82) is 0 Å². The van der Waals surface area contributed by atoms with E-state index in [-0.39, 0.29) is 6.10 Å². The van der Waals surface area contributed by atoms with E-state index in [1.54, 1.807) is 5.57 Å². The minimum atomic E-state index is -0.0815. The maximum atomic E-state index is 10.3. The fourth-order valence-corrected chi connectivity index (χ4v) is 9.71. The summed E-state index contributed by atoms with van der Waals surface area (Å²) in [7, 11) is 0. The highest BCUT2D eigenvalue weighted by Gasteiger charge is 2.59. The lowest BCUT2D eigenvalue weighted by atomic mass is 9.47. The molecule has 3 fully saturated rings. The minimum Gasteiger partial charge on any atom is -0.393 e. The maximum Gasteiger partial charge on any atom is 0.0577 e. The van der Waals surface area contributed by atoms with Crippen LogP contribution in [0.25, 0.3) is 0 Å². The van der Waals surface area contributed by atoms with E-state index in [0.717, 1.165) is 60.2 Å². The van der Waals surface area contributed by atoms with Crippen molar-refractivity contribution in [2.75, 3.05) is 0 Å².